The quantitative estimate of drug-likeness (QED) is 0.759. The molecule has 2 aromatic carbocycles. The fourth-order valence-corrected chi connectivity index (χ4v) is 2.31. The smallest absolute Gasteiger partial charge is 0.268 e. The van der Waals surface area contributed by atoms with Crippen LogP contribution in [-0.4, -0.2) is 22.6 Å². The average molecular weight is 319 g/mol. The summed E-state index contributed by atoms with van der Waals surface area (Å²) in [4.78, 5) is 37.0. The first kappa shape index (κ1) is 15.0. The molecule has 2 aromatic rings. The SMILES string of the molecule is O=C(c1ccccc1)N1C(=O)c2ccc(C(F)(F)F)cc2C1=O. The van der Waals surface area contributed by atoms with E-state index in [4.69, 9.17) is 0 Å². The topological polar surface area (TPSA) is 54.5 Å². The van der Waals surface area contributed by atoms with Crippen LogP contribution < -0.4 is 0 Å². The van der Waals surface area contributed by atoms with E-state index < -0.39 is 35.0 Å². The molecule has 1 heterocycles. The van der Waals surface area contributed by atoms with Crippen LogP contribution in [0.1, 0.15) is 36.6 Å². The number of rotatable bonds is 1. The highest BCUT2D eigenvalue weighted by molar-refractivity contribution is 6.31. The predicted molar refractivity (Wildman–Crippen MR) is 72.7 cm³/mol. The van der Waals surface area contributed by atoms with Gasteiger partial charge in [0.05, 0.1) is 16.7 Å². The van der Waals surface area contributed by atoms with Crippen LogP contribution in [0.3, 0.4) is 0 Å². The van der Waals surface area contributed by atoms with Crippen molar-refractivity contribution in [3.8, 4) is 0 Å². The molecule has 3 rings (SSSR count). The van der Waals surface area contributed by atoms with Crippen LogP contribution in [0.15, 0.2) is 48.5 Å². The van der Waals surface area contributed by atoms with Crippen LogP contribution in [-0.2, 0) is 6.18 Å². The summed E-state index contributed by atoms with van der Waals surface area (Å²) in [5.74, 6) is -2.84. The Morgan fingerprint density at radius 3 is 2.09 bits per heavy atom. The molecule has 23 heavy (non-hydrogen) atoms. The summed E-state index contributed by atoms with van der Waals surface area (Å²) in [7, 11) is 0. The number of alkyl halides is 3. The molecule has 0 saturated heterocycles. The minimum atomic E-state index is -4.64. The van der Waals surface area contributed by atoms with Gasteiger partial charge in [-0.15, -0.1) is 0 Å². The number of halogens is 3. The van der Waals surface area contributed by atoms with E-state index >= 15 is 0 Å². The Labute approximate surface area is 128 Å². The number of nitrogens with zero attached hydrogens (tertiary/aromatic N) is 1. The molecular formula is C16H8F3NO3. The highest BCUT2D eigenvalue weighted by Gasteiger charge is 2.42. The largest absolute Gasteiger partial charge is 0.416 e. The number of imide groups is 3. The van der Waals surface area contributed by atoms with Gasteiger partial charge < -0.3 is 0 Å². The number of benzene rings is 2. The van der Waals surface area contributed by atoms with E-state index in [0.29, 0.717) is 17.0 Å². The van der Waals surface area contributed by atoms with Crippen molar-refractivity contribution in [1.29, 1.82) is 0 Å². The Morgan fingerprint density at radius 1 is 0.870 bits per heavy atom. The van der Waals surface area contributed by atoms with Crippen LogP contribution in [0.4, 0.5) is 13.2 Å². The van der Waals surface area contributed by atoms with Crippen molar-refractivity contribution < 1.29 is 27.6 Å². The van der Waals surface area contributed by atoms with E-state index in [9.17, 15) is 27.6 Å². The van der Waals surface area contributed by atoms with E-state index in [1.165, 1.54) is 12.1 Å². The van der Waals surface area contributed by atoms with Crippen molar-refractivity contribution in [1.82, 2.24) is 4.90 Å². The second-order valence-electron chi connectivity index (χ2n) is 4.88. The molecule has 4 nitrogen and oxygen atoms in total. The van der Waals surface area contributed by atoms with E-state index in [1.54, 1.807) is 18.2 Å². The van der Waals surface area contributed by atoms with Gasteiger partial charge in [0, 0.05) is 5.56 Å². The number of amides is 3. The molecule has 1 aliphatic heterocycles. The van der Waals surface area contributed by atoms with E-state index in [0.717, 1.165) is 6.07 Å². The Morgan fingerprint density at radius 2 is 1.48 bits per heavy atom. The second-order valence-corrected chi connectivity index (χ2v) is 4.88. The fourth-order valence-electron chi connectivity index (χ4n) is 2.31. The molecule has 3 amide bonds. The van der Waals surface area contributed by atoms with E-state index in [-0.39, 0.29) is 11.1 Å². The van der Waals surface area contributed by atoms with Gasteiger partial charge in [-0.25, -0.2) is 4.90 Å². The molecular weight excluding hydrogens is 311 g/mol. The fraction of sp³-hybridized carbons (Fsp3) is 0.0625. The van der Waals surface area contributed by atoms with Crippen molar-refractivity contribution in [2.24, 2.45) is 0 Å². The van der Waals surface area contributed by atoms with Crippen molar-refractivity contribution in [2.45, 2.75) is 6.18 Å². The van der Waals surface area contributed by atoms with Gasteiger partial charge in [-0.2, -0.15) is 13.2 Å². The molecule has 0 N–H and O–H groups in total. The third-order valence-electron chi connectivity index (χ3n) is 3.44. The first-order valence-corrected chi connectivity index (χ1v) is 6.50. The zero-order valence-corrected chi connectivity index (χ0v) is 11.4. The number of hydrogen-bond acceptors (Lipinski definition) is 3. The van der Waals surface area contributed by atoms with Crippen molar-refractivity contribution in [3.63, 3.8) is 0 Å². The molecule has 0 bridgehead atoms. The predicted octanol–water partition coefficient (Wildman–Crippen LogP) is 3.14. The molecule has 0 unspecified atom stereocenters. The number of carbonyl (C=O) groups is 3. The monoisotopic (exact) mass is 319 g/mol. The highest BCUT2D eigenvalue weighted by atomic mass is 19.4. The summed E-state index contributed by atoms with van der Waals surface area (Å²) in [6, 6.07) is 9.78. The minimum absolute atomic E-state index is 0.0954. The lowest BCUT2D eigenvalue weighted by molar-refractivity contribution is -0.137. The minimum Gasteiger partial charge on any atom is -0.268 e. The van der Waals surface area contributed by atoms with Crippen LogP contribution >= 0.6 is 0 Å². The van der Waals surface area contributed by atoms with Gasteiger partial charge in [0.1, 0.15) is 0 Å². The Balaban J connectivity index is 2.03. The molecule has 0 aromatic heterocycles. The Bertz CT molecular complexity index is 828. The lowest BCUT2D eigenvalue weighted by atomic mass is 10.1. The summed E-state index contributed by atoms with van der Waals surface area (Å²) in [5.41, 5.74) is -1.59. The van der Waals surface area contributed by atoms with Gasteiger partial charge in [-0.1, -0.05) is 18.2 Å². The third-order valence-corrected chi connectivity index (χ3v) is 3.44. The summed E-state index contributed by atoms with van der Waals surface area (Å²) in [6.45, 7) is 0. The number of hydrogen-bond donors (Lipinski definition) is 0. The summed E-state index contributed by atoms with van der Waals surface area (Å²) in [5, 5.41) is 0. The molecule has 0 spiro atoms. The first-order valence-electron chi connectivity index (χ1n) is 6.50. The van der Waals surface area contributed by atoms with Gasteiger partial charge in [0.25, 0.3) is 17.7 Å². The third kappa shape index (κ3) is 2.40. The van der Waals surface area contributed by atoms with Crippen molar-refractivity contribution in [2.75, 3.05) is 0 Å². The normalized spacial score (nSPS) is 14.1. The molecule has 0 fully saturated rings. The highest BCUT2D eigenvalue weighted by Crippen LogP contribution is 2.33. The van der Waals surface area contributed by atoms with Gasteiger partial charge in [-0.3, -0.25) is 14.4 Å². The lowest BCUT2D eigenvalue weighted by Crippen LogP contribution is -2.36. The van der Waals surface area contributed by atoms with Crippen LogP contribution in [0.5, 0.6) is 0 Å². The summed E-state index contributed by atoms with van der Waals surface area (Å²) in [6.07, 6.45) is -4.64. The maximum atomic E-state index is 12.7. The van der Waals surface area contributed by atoms with Crippen molar-refractivity contribution >= 4 is 17.7 Å². The van der Waals surface area contributed by atoms with Gasteiger partial charge >= 0.3 is 6.18 Å². The van der Waals surface area contributed by atoms with Crippen LogP contribution in [0.2, 0.25) is 0 Å². The molecule has 0 atom stereocenters. The average Bonchev–Trinajstić information content (AvgIpc) is 2.78. The number of fused-ring (bicyclic) bond motifs is 1. The maximum absolute atomic E-state index is 12.7. The summed E-state index contributed by atoms with van der Waals surface area (Å²) >= 11 is 0. The zero-order valence-electron chi connectivity index (χ0n) is 11.4. The molecule has 1 aliphatic rings. The first-order chi connectivity index (χ1) is 10.8. The molecule has 0 radical (unpaired) electrons. The van der Waals surface area contributed by atoms with Crippen molar-refractivity contribution in [3.05, 3.63) is 70.8 Å². The van der Waals surface area contributed by atoms with Crippen LogP contribution in [0, 0.1) is 0 Å². The second kappa shape index (κ2) is 5.05. The zero-order chi connectivity index (χ0) is 16.8. The van der Waals surface area contributed by atoms with E-state index in [1.807, 2.05) is 0 Å². The standard InChI is InChI=1S/C16H8F3NO3/c17-16(18,19)10-6-7-11-12(8-10)15(23)20(14(11)22)13(21)9-4-2-1-3-5-9/h1-8H. The summed E-state index contributed by atoms with van der Waals surface area (Å²) < 4.78 is 38.2. The Hall–Kier alpha value is -2.96. The molecule has 116 valence electrons. The van der Waals surface area contributed by atoms with Gasteiger partial charge in [-0.05, 0) is 30.3 Å². The number of carbonyl (C=O) groups excluding carboxylic acids is 3. The van der Waals surface area contributed by atoms with Crippen LogP contribution in [0.25, 0.3) is 0 Å². The Kier molecular flexibility index (Phi) is 3.28. The molecule has 0 aliphatic carbocycles. The van der Waals surface area contributed by atoms with Gasteiger partial charge in [0.2, 0.25) is 0 Å². The maximum Gasteiger partial charge on any atom is 0.416 e. The van der Waals surface area contributed by atoms with Gasteiger partial charge in [0.15, 0.2) is 0 Å². The molecule has 7 heteroatoms. The molecule has 0 saturated carbocycles. The van der Waals surface area contributed by atoms with E-state index in [2.05, 4.69) is 0 Å². The lowest BCUT2D eigenvalue weighted by Gasteiger charge is -2.11.